The molecule has 1 amide bonds. The van der Waals surface area contributed by atoms with Crippen LogP contribution in [0.4, 0.5) is 11.4 Å². The van der Waals surface area contributed by atoms with Gasteiger partial charge >= 0.3 is 0 Å². The number of rotatable bonds is 6. The van der Waals surface area contributed by atoms with Crippen LogP contribution in [-0.2, 0) is 4.79 Å². The van der Waals surface area contributed by atoms with E-state index in [-0.39, 0.29) is 5.57 Å². The van der Waals surface area contributed by atoms with Gasteiger partial charge in [0, 0.05) is 31.5 Å². The van der Waals surface area contributed by atoms with Crippen LogP contribution in [0.15, 0.2) is 66.3 Å². The van der Waals surface area contributed by atoms with Crippen molar-refractivity contribution in [2.45, 2.75) is 0 Å². The van der Waals surface area contributed by atoms with Crippen molar-refractivity contribution in [3.63, 3.8) is 0 Å². The van der Waals surface area contributed by atoms with Crippen LogP contribution in [0.5, 0.6) is 5.75 Å². The summed E-state index contributed by atoms with van der Waals surface area (Å²) in [7, 11) is 5.51. The quantitative estimate of drug-likeness (QED) is 0.489. The first-order valence-corrected chi connectivity index (χ1v) is 8.04. The van der Waals surface area contributed by atoms with Gasteiger partial charge in [-0.25, -0.2) is 0 Å². The SMILES string of the molecule is COc1cccc(NC(=O)/C(C#N)=C/C=C/c2ccc(N(C)C)cc2)c1. The molecule has 5 heteroatoms. The van der Waals surface area contributed by atoms with Crippen molar-refractivity contribution < 1.29 is 9.53 Å². The van der Waals surface area contributed by atoms with Crippen LogP contribution < -0.4 is 15.0 Å². The molecular weight excluding hydrogens is 326 g/mol. The summed E-state index contributed by atoms with van der Waals surface area (Å²) in [6.07, 6.45) is 5.03. The Morgan fingerprint density at radius 3 is 2.54 bits per heavy atom. The normalized spacial score (nSPS) is 11.1. The van der Waals surface area contributed by atoms with E-state index >= 15 is 0 Å². The largest absolute Gasteiger partial charge is 0.497 e. The zero-order valence-corrected chi connectivity index (χ0v) is 15.1. The lowest BCUT2D eigenvalue weighted by Crippen LogP contribution is -2.13. The van der Waals surface area contributed by atoms with Gasteiger partial charge in [0.25, 0.3) is 5.91 Å². The number of nitrogens with zero attached hydrogens (tertiary/aromatic N) is 2. The lowest BCUT2D eigenvalue weighted by molar-refractivity contribution is -0.112. The summed E-state index contributed by atoms with van der Waals surface area (Å²) in [5.74, 6) is 0.166. The zero-order valence-electron chi connectivity index (χ0n) is 15.1. The van der Waals surface area contributed by atoms with Crippen molar-refractivity contribution in [2.75, 3.05) is 31.4 Å². The van der Waals surface area contributed by atoms with Crippen molar-refractivity contribution in [2.24, 2.45) is 0 Å². The second-order valence-corrected chi connectivity index (χ2v) is 5.72. The molecule has 0 aliphatic heterocycles. The molecule has 0 unspecified atom stereocenters. The first-order chi connectivity index (χ1) is 12.5. The molecule has 0 saturated heterocycles. The van der Waals surface area contributed by atoms with Gasteiger partial charge in [0.2, 0.25) is 0 Å². The Morgan fingerprint density at radius 2 is 1.92 bits per heavy atom. The van der Waals surface area contributed by atoms with Crippen LogP contribution in [0.25, 0.3) is 6.08 Å². The summed E-state index contributed by atoms with van der Waals surface area (Å²) in [5, 5.41) is 11.9. The molecule has 0 heterocycles. The van der Waals surface area contributed by atoms with E-state index in [2.05, 4.69) is 5.32 Å². The Bertz CT molecular complexity index is 860. The number of anilines is 2. The molecule has 0 atom stereocenters. The number of carbonyl (C=O) groups excluding carboxylic acids is 1. The molecule has 26 heavy (non-hydrogen) atoms. The monoisotopic (exact) mass is 347 g/mol. The summed E-state index contributed by atoms with van der Waals surface area (Å²) in [6, 6.07) is 16.8. The van der Waals surface area contributed by atoms with Crippen LogP contribution >= 0.6 is 0 Å². The zero-order chi connectivity index (χ0) is 18.9. The van der Waals surface area contributed by atoms with Crippen LogP contribution in [-0.4, -0.2) is 27.1 Å². The van der Waals surface area contributed by atoms with Crippen LogP contribution in [0.1, 0.15) is 5.56 Å². The highest BCUT2D eigenvalue weighted by atomic mass is 16.5. The average molecular weight is 347 g/mol. The molecule has 1 N–H and O–H groups in total. The number of carbonyl (C=O) groups is 1. The number of methoxy groups -OCH3 is 1. The third-order valence-corrected chi connectivity index (χ3v) is 3.65. The molecule has 2 aromatic carbocycles. The van der Waals surface area contributed by atoms with Crippen molar-refractivity contribution >= 4 is 23.4 Å². The van der Waals surface area contributed by atoms with E-state index in [4.69, 9.17) is 4.74 Å². The van der Waals surface area contributed by atoms with E-state index in [0.717, 1.165) is 11.3 Å². The summed E-state index contributed by atoms with van der Waals surface area (Å²) in [5.41, 5.74) is 2.68. The fourth-order valence-electron chi connectivity index (χ4n) is 2.20. The maximum atomic E-state index is 12.2. The second kappa shape index (κ2) is 9.09. The van der Waals surface area contributed by atoms with E-state index in [1.165, 1.54) is 6.08 Å². The highest BCUT2D eigenvalue weighted by Gasteiger charge is 2.08. The minimum atomic E-state index is -0.464. The first-order valence-electron chi connectivity index (χ1n) is 8.04. The van der Waals surface area contributed by atoms with Crippen molar-refractivity contribution in [1.82, 2.24) is 0 Å². The molecule has 2 rings (SSSR count). The molecule has 0 saturated carbocycles. The molecule has 0 spiro atoms. The number of benzene rings is 2. The molecule has 0 aliphatic rings. The smallest absolute Gasteiger partial charge is 0.266 e. The van der Waals surface area contributed by atoms with Gasteiger partial charge in [0.15, 0.2) is 0 Å². The maximum absolute atomic E-state index is 12.2. The van der Waals surface area contributed by atoms with Gasteiger partial charge in [-0.1, -0.05) is 30.4 Å². The van der Waals surface area contributed by atoms with Gasteiger partial charge in [0.1, 0.15) is 17.4 Å². The molecule has 132 valence electrons. The number of allylic oxidation sites excluding steroid dienone is 2. The standard InChI is InChI=1S/C21H21N3O2/c1-24(2)19-12-10-16(11-13-19)6-4-7-17(15-22)21(25)23-18-8-5-9-20(14-18)26-3/h4-14H,1-3H3,(H,23,25)/b6-4+,17-7+. The lowest BCUT2D eigenvalue weighted by atomic mass is 10.1. The van der Waals surface area contributed by atoms with Crippen molar-refractivity contribution in [3.05, 3.63) is 71.8 Å². The van der Waals surface area contributed by atoms with Gasteiger partial charge in [-0.3, -0.25) is 4.79 Å². The molecule has 0 aromatic heterocycles. The fourth-order valence-corrected chi connectivity index (χ4v) is 2.20. The highest BCUT2D eigenvalue weighted by Crippen LogP contribution is 2.17. The van der Waals surface area contributed by atoms with Gasteiger partial charge in [0.05, 0.1) is 7.11 Å². The Kier molecular flexibility index (Phi) is 6.58. The first kappa shape index (κ1) is 18.8. The van der Waals surface area contributed by atoms with Crippen molar-refractivity contribution in [3.8, 4) is 11.8 Å². The third-order valence-electron chi connectivity index (χ3n) is 3.65. The van der Waals surface area contributed by atoms with Gasteiger partial charge in [-0.15, -0.1) is 0 Å². The summed E-state index contributed by atoms with van der Waals surface area (Å²) >= 11 is 0. The summed E-state index contributed by atoms with van der Waals surface area (Å²) in [4.78, 5) is 14.2. The molecule has 5 nitrogen and oxygen atoms in total. The van der Waals surface area contributed by atoms with E-state index in [1.807, 2.05) is 55.4 Å². The molecule has 2 aromatic rings. The minimum Gasteiger partial charge on any atom is -0.497 e. The van der Waals surface area contributed by atoms with E-state index in [1.54, 1.807) is 37.5 Å². The number of nitrogens with one attached hydrogen (secondary N) is 1. The molecule has 0 aliphatic carbocycles. The highest BCUT2D eigenvalue weighted by molar-refractivity contribution is 6.06. The van der Waals surface area contributed by atoms with E-state index < -0.39 is 5.91 Å². The Balaban J connectivity index is 2.06. The Morgan fingerprint density at radius 1 is 1.19 bits per heavy atom. The van der Waals surface area contributed by atoms with Crippen LogP contribution in [0, 0.1) is 11.3 Å². The van der Waals surface area contributed by atoms with Crippen molar-refractivity contribution in [1.29, 1.82) is 5.26 Å². The molecule has 0 radical (unpaired) electrons. The topological polar surface area (TPSA) is 65.4 Å². The van der Waals surface area contributed by atoms with E-state index in [0.29, 0.717) is 11.4 Å². The van der Waals surface area contributed by atoms with Crippen LogP contribution in [0.3, 0.4) is 0 Å². The third kappa shape index (κ3) is 5.25. The predicted molar refractivity (Wildman–Crippen MR) is 105 cm³/mol. The minimum absolute atomic E-state index is 0.0222. The number of nitriles is 1. The van der Waals surface area contributed by atoms with Gasteiger partial charge < -0.3 is 15.0 Å². The number of hydrogen-bond acceptors (Lipinski definition) is 4. The molecular formula is C21H21N3O2. The second-order valence-electron chi connectivity index (χ2n) is 5.72. The number of ether oxygens (including phenoxy) is 1. The molecule has 0 fully saturated rings. The lowest BCUT2D eigenvalue weighted by Gasteiger charge is -2.11. The fraction of sp³-hybridized carbons (Fsp3) is 0.143. The maximum Gasteiger partial charge on any atom is 0.266 e. The molecule has 0 bridgehead atoms. The van der Waals surface area contributed by atoms with Gasteiger partial charge in [-0.05, 0) is 35.9 Å². The van der Waals surface area contributed by atoms with Gasteiger partial charge in [-0.2, -0.15) is 5.26 Å². The average Bonchev–Trinajstić information content (AvgIpc) is 2.65. The predicted octanol–water partition coefficient (Wildman–Crippen LogP) is 3.86. The summed E-state index contributed by atoms with van der Waals surface area (Å²) in [6.45, 7) is 0. The summed E-state index contributed by atoms with van der Waals surface area (Å²) < 4.78 is 5.12. The Labute approximate surface area is 153 Å². The Hall–Kier alpha value is -3.52. The number of hydrogen-bond donors (Lipinski definition) is 1. The van der Waals surface area contributed by atoms with Crippen LogP contribution in [0.2, 0.25) is 0 Å². The number of amides is 1. The van der Waals surface area contributed by atoms with E-state index in [9.17, 15) is 10.1 Å².